The first-order chi connectivity index (χ1) is 9.16. The normalized spacial score (nSPS) is 20.9. The Morgan fingerprint density at radius 2 is 1.95 bits per heavy atom. The Hall–Kier alpha value is -0.860. The van der Waals surface area contributed by atoms with Gasteiger partial charge in [0.1, 0.15) is 0 Å². The summed E-state index contributed by atoms with van der Waals surface area (Å²) in [7, 11) is 0. The fourth-order valence-electron chi connectivity index (χ4n) is 2.81. The van der Waals surface area contributed by atoms with Crippen LogP contribution in [0.4, 0.5) is 0 Å². The van der Waals surface area contributed by atoms with E-state index in [4.69, 9.17) is 0 Å². The minimum Gasteiger partial charge on any atom is -0.310 e. The van der Waals surface area contributed by atoms with E-state index in [1.165, 1.54) is 36.9 Å². The van der Waals surface area contributed by atoms with Crippen molar-refractivity contribution in [3.63, 3.8) is 0 Å². The minimum atomic E-state index is 0.543. The van der Waals surface area contributed by atoms with Crippen LogP contribution in [0.1, 0.15) is 51.2 Å². The van der Waals surface area contributed by atoms with Crippen LogP contribution in [0.3, 0.4) is 0 Å². The highest BCUT2D eigenvalue weighted by atomic mass is 15.2. The van der Waals surface area contributed by atoms with Gasteiger partial charge in [-0.25, -0.2) is 0 Å². The third-order valence-corrected chi connectivity index (χ3v) is 4.13. The van der Waals surface area contributed by atoms with Gasteiger partial charge in [0, 0.05) is 25.2 Å². The summed E-state index contributed by atoms with van der Waals surface area (Å²) in [5.74, 6) is 0. The van der Waals surface area contributed by atoms with E-state index in [0.717, 1.165) is 19.1 Å². The molecule has 2 nitrogen and oxygen atoms in total. The molecule has 1 unspecified atom stereocenters. The molecule has 0 amide bonds. The maximum atomic E-state index is 3.53. The Labute approximate surface area is 118 Å². The molecule has 0 aromatic heterocycles. The molecule has 1 atom stereocenters. The molecule has 0 bridgehead atoms. The average Bonchev–Trinajstić information content (AvgIpc) is 2.40. The fourth-order valence-corrected chi connectivity index (χ4v) is 2.81. The topological polar surface area (TPSA) is 15.3 Å². The van der Waals surface area contributed by atoms with E-state index in [2.05, 4.69) is 55.3 Å². The van der Waals surface area contributed by atoms with Crippen LogP contribution in [0.15, 0.2) is 24.3 Å². The summed E-state index contributed by atoms with van der Waals surface area (Å²) in [6.45, 7) is 10.1. The summed E-state index contributed by atoms with van der Waals surface area (Å²) < 4.78 is 0. The van der Waals surface area contributed by atoms with Crippen molar-refractivity contribution in [2.24, 2.45) is 0 Å². The average molecular weight is 260 g/mol. The molecule has 106 valence electrons. The SMILES string of the molecule is CC(C)NCc1ccccc1CN1CCCCC1C. The highest BCUT2D eigenvalue weighted by Crippen LogP contribution is 2.20. The maximum Gasteiger partial charge on any atom is 0.0239 e. The van der Waals surface area contributed by atoms with Gasteiger partial charge in [-0.05, 0) is 37.4 Å². The molecule has 1 aromatic rings. The van der Waals surface area contributed by atoms with E-state index in [1.54, 1.807) is 0 Å². The Kier molecular flexibility index (Phi) is 5.41. The lowest BCUT2D eigenvalue weighted by Gasteiger charge is -2.33. The van der Waals surface area contributed by atoms with Crippen molar-refractivity contribution in [2.75, 3.05) is 6.54 Å². The van der Waals surface area contributed by atoms with Crippen LogP contribution in [-0.4, -0.2) is 23.5 Å². The lowest BCUT2D eigenvalue weighted by molar-refractivity contribution is 0.152. The molecule has 1 fully saturated rings. The molecule has 1 aromatic carbocycles. The van der Waals surface area contributed by atoms with Crippen molar-refractivity contribution in [3.05, 3.63) is 35.4 Å². The first kappa shape index (κ1) is 14.5. The minimum absolute atomic E-state index is 0.543. The summed E-state index contributed by atoms with van der Waals surface area (Å²) in [4.78, 5) is 2.64. The van der Waals surface area contributed by atoms with E-state index < -0.39 is 0 Å². The van der Waals surface area contributed by atoms with Gasteiger partial charge in [-0.2, -0.15) is 0 Å². The van der Waals surface area contributed by atoms with Crippen LogP contribution >= 0.6 is 0 Å². The number of likely N-dealkylation sites (tertiary alicyclic amines) is 1. The standard InChI is InChI=1S/C17H28N2/c1-14(2)18-12-16-9-4-5-10-17(16)13-19-11-7-6-8-15(19)3/h4-5,9-10,14-15,18H,6-8,11-13H2,1-3H3. The lowest BCUT2D eigenvalue weighted by atomic mass is 10.0. The summed E-state index contributed by atoms with van der Waals surface area (Å²) in [6, 6.07) is 10.2. The van der Waals surface area contributed by atoms with Crippen molar-refractivity contribution in [3.8, 4) is 0 Å². The van der Waals surface area contributed by atoms with Gasteiger partial charge in [-0.3, -0.25) is 4.90 Å². The molecule has 2 heteroatoms. The molecule has 19 heavy (non-hydrogen) atoms. The highest BCUT2D eigenvalue weighted by Gasteiger charge is 2.18. The zero-order valence-corrected chi connectivity index (χ0v) is 12.7. The van der Waals surface area contributed by atoms with Crippen LogP contribution in [0.25, 0.3) is 0 Å². The lowest BCUT2D eigenvalue weighted by Crippen LogP contribution is -2.37. The van der Waals surface area contributed by atoms with Gasteiger partial charge in [-0.15, -0.1) is 0 Å². The Balaban J connectivity index is 2.02. The molecular weight excluding hydrogens is 232 g/mol. The zero-order valence-electron chi connectivity index (χ0n) is 12.7. The van der Waals surface area contributed by atoms with E-state index in [0.29, 0.717) is 6.04 Å². The van der Waals surface area contributed by atoms with E-state index in [9.17, 15) is 0 Å². The van der Waals surface area contributed by atoms with Gasteiger partial charge in [0.2, 0.25) is 0 Å². The first-order valence-electron chi connectivity index (χ1n) is 7.71. The van der Waals surface area contributed by atoms with Crippen molar-refractivity contribution < 1.29 is 0 Å². The molecular formula is C17H28N2. The number of hydrogen-bond acceptors (Lipinski definition) is 2. The molecule has 1 aliphatic rings. The summed E-state index contributed by atoms with van der Waals surface area (Å²) in [5.41, 5.74) is 2.94. The van der Waals surface area contributed by atoms with Crippen molar-refractivity contribution in [1.82, 2.24) is 10.2 Å². The second kappa shape index (κ2) is 7.06. The summed E-state index contributed by atoms with van der Waals surface area (Å²) in [6.07, 6.45) is 4.11. The molecule has 0 saturated carbocycles. The molecule has 1 aliphatic heterocycles. The summed E-state index contributed by atoms with van der Waals surface area (Å²) >= 11 is 0. The van der Waals surface area contributed by atoms with Gasteiger partial charge >= 0.3 is 0 Å². The molecule has 1 N–H and O–H groups in total. The molecule has 0 aliphatic carbocycles. The number of nitrogens with one attached hydrogen (secondary N) is 1. The van der Waals surface area contributed by atoms with Crippen LogP contribution in [0.2, 0.25) is 0 Å². The largest absolute Gasteiger partial charge is 0.310 e. The second-order valence-electron chi connectivity index (χ2n) is 6.12. The van der Waals surface area contributed by atoms with Gasteiger partial charge in [0.25, 0.3) is 0 Å². The fraction of sp³-hybridized carbons (Fsp3) is 0.647. The molecule has 0 spiro atoms. The predicted octanol–water partition coefficient (Wildman–Crippen LogP) is 3.56. The monoisotopic (exact) mass is 260 g/mol. The Morgan fingerprint density at radius 3 is 2.63 bits per heavy atom. The molecule has 0 radical (unpaired) electrons. The van der Waals surface area contributed by atoms with E-state index in [1.807, 2.05) is 0 Å². The van der Waals surface area contributed by atoms with Gasteiger partial charge in [0.05, 0.1) is 0 Å². The third kappa shape index (κ3) is 4.32. The highest BCUT2D eigenvalue weighted by molar-refractivity contribution is 5.27. The van der Waals surface area contributed by atoms with Crippen LogP contribution in [0, 0.1) is 0 Å². The smallest absolute Gasteiger partial charge is 0.0239 e. The molecule has 1 saturated heterocycles. The quantitative estimate of drug-likeness (QED) is 0.871. The Morgan fingerprint density at radius 1 is 1.21 bits per heavy atom. The van der Waals surface area contributed by atoms with E-state index in [-0.39, 0.29) is 0 Å². The maximum absolute atomic E-state index is 3.53. The first-order valence-corrected chi connectivity index (χ1v) is 7.71. The van der Waals surface area contributed by atoms with Crippen LogP contribution < -0.4 is 5.32 Å². The number of benzene rings is 1. The number of piperidine rings is 1. The van der Waals surface area contributed by atoms with Crippen LogP contribution in [-0.2, 0) is 13.1 Å². The third-order valence-electron chi connectivity index (χ3n) is 4.13. The second-order valence-corrected chi connectivity index (χ2v) is 6.12. The number of rotatable bonds is 5. The summed E-state index contributed by atoms with van der Waals surface area (Å²) in [5, 5.41) is 3.53. The van der Waals surface area contributed by atoms with Gasteiger partial charge in [0.15, 0.2) is 0 Å². The Bertz CT molecular complexity index is 387. The number of nitrogens with zero attached hydrogens (tertiary/aromatic N) is 1. The van der Waals surface area contributed by atoms with Gasteiger partial charge in [-0.1, -0.05) is 44.5 Å². The molecule has 2 rings (SSSR count). The van der Waals surface area contributed by atoms with Gasteiger partial charge < -0.3 is 5.32 Å². The predicted molar refractivity (Wildman–Crippen MR) is 82.1 cm³/mol. The zero-order chi connectivity index (χ0) is 13.7. The van der Waals surface area contributed by atoms with Crippen molar-refractivity contribution >= 4 is 0 Å². The van der Waals surface area contributed by atoms with Crippen molar-refractivity contribution in [2.45, 2.75) is 65.2 Å². The van der Waals surface area contributed by atoms with E-state index >= 15 is 0 Å². The number of hydrogen-bond donors (Lipinski definition) is 1. The van der Waals surface area contributed by atoms with Crippen molar-refractivity contribution in [1.29, 1.82) is 0 Å². The molecule has 1 heterocycles. The van der Waals surface area contributed by atoms with Crippen LogP contribution in [0.5, 0.6) is 0 Å².